The molecule has 2 aromatic rings. The van der Waals surface area contributed by atoms with Gasteiger partial charge in [-0.25, -0.2) is 0 Å². The fraction of sp³-hybridized carbons (Fsp3) is 0.348. The third-order valence-electron chi connectivity index (χ3n) is 5.42. The largest absolute Gasteiger partial charge is 0.507 e. The summed E-state index contributed by atoms with van der Waals surface area (Å²) in [5.74, 6) is -1.39. The van der Waals surface area contributed by atoms with E-state index in [0.29, 0.717) is 24.2 Å². The van der Waals surface area contributed by atoms with Crippen molar-refractivity contribution in [2.75, 3.05) is 26.2 Å². The van der Waals surface area contributed by atoms with Crippen molar-refractivity contribution < 1.29 is 14.7 Å². The number of aliphatic hydroxyl groups excluding tert-OH is 1. The van der Waals surface area contributed by atoms with Gasteiger partial charge in [-0.15, -0.1) is 0 Å². The van der Waals surface area contributed by atoms with Crippen LogP contribution in [0.2, 0.25) is 0 Å². The third-order valence-corrected chi connectivity index (χ3v) is 5.42. The van der Waals surface area contributed by atoms with E-state index >= 15 is 0 Å². The third kappa shape index (κ3) is 4.22. The maximum atomic E-state index is 12.9. The minimum Gasteiger partial charge on any atom is -0.507 e. The zero-order valence-corrected chi connectivity index (χ0v) is 17.1. The molecule has 6 nitrogen and oxygen atoms in total. The second kappa shape index (κ2) is 9.01. The molecule has 1 saturated heterocycles. The number of Topliss-reactive ketones (excluding diaryl/α,β-unsaturated/α-hetero) is 1. The Hall–Kier alpha value is -2.99. The van der Waals surface area contributed by atoms with E-state index in [2.05, 4.69) is 23.7 Å². The summed E-state index contributed by atoms with van der Waals surface area (Å²) in [6, 6.07) is 10.2. The molecule has 2 heterocycles. The van der Waals surface area contributed by atoms with E-state index in [4.69, 9.17) is 0 Å². The van der Waals surface area contributed by atoms with Crippen molar-refractivity contribution in [1.82, 2.24) is 14.8 Å². The molecule has 1 unspecified atom stereocenters. The second-order valence-corrected chi connectivity index (χ2v) is 7.17. The number of carbonyl (C=O) groups is 2. The first kappa shape index (κ1) is 20.7. The number of hydrogen-bond acceptors (Lipinski definition) is 5. The number of carbonyl (C=O) groups excluding carboxylic acids is 2. The number of ketones is 1. The number of likely N-dealkylation sites (N-methyl/N-ethyl adjacent to an activating group) is 1. The predicted molar refractivity (Wildman–Crippen MR) is 112 cm³/mol. The highest BCUT2D eigenvalue weighted by Gasteiger charge is 2.46. The Bertz CT molecular complexity index is 903. The maximum Gasteiger partial charge on any atom is 0.295 e. The molecule has 1 aromatic heterocycles. The average molecular weight is 393 g/mol. The van der Waals surface area contributed by atoms with Gasteiger partial charge in [-0.1, -0.05) is 49.7 Å². The van der Waals surface area contributed by atoms with Crippen molar-refractivity contribution in [2.24, 2.45) is 0 Å². The van der Waals surface area contributed by atoms with Crippen LogP contribution in [-0.2, 0) is 9.59 Å². The second-order valence-electron chi connectivity index (χ2n) is 7.17. The van der Waals surface area contributed by atoms with E-state index < -0.39 is 17.7 Å². The van der Waals surface area contributed by atoms with Crippen LogP contribution >= 0.6 is 0 Å². The molecular formula is C23H27N3O3. The van der Waals surface area contributed by atoms with E-state index in [1.807, 2.05) is 25.1 Å². The lowest BCUT2D eigenvalue weighted by Crippen LogP contribution is -2.38. The summed E-state index contributed by atoms with van der Waals surface area (Å²) in [6.45, 7) is 8.85. The van der Waals surface area contributed by atoms with Gasteiger partial charge in [0, 0.05) is 31.0 Å². The lowest BCUT2D eigenvalue weighted by atomic mass is 9.96. The Labute approximate surface area is 171 Å². The fourth-order valence-electron chi connectivity index (χ4n) is 3.65. The molecule has 1 amide bonds. The van der Waals surface area contributed by atoms with Crippen molar-refractivity contribution in [3.63, 3.8) is 0 Å². The van der Waals surface area contributed by atoms with Gasteiger partial charge in [0.05, 0.1) is 11.6 Å². The van der Waals surface area contributed by atoms with Gasteiger partial charge >= 0.3 is 0 Å². The SMILES string of the molecule is CCN(CC)CCN1C(=O)C(=O)C(=C(O)c2ccc(C)cc2)C1c1cccnc1. The van der Waals surface area contributed by atoms with Crippen LogP contribution in [0.25, 0.3) is 5.76 Å². The number of amides is 1. The number of likely N-dealkylation sites (tertiary alicyclic amines) is 1. The van der Waals surface area contributed by atoms with E-state index in [9.17, 15) is 14.7 Å². The molecule has 1 aliphatic rings. The number of rotatable bonds is 7. The predicted octanol–water partition coefficient (Wildman–Crippen LogP) is 3.15. The molecule has 0 radical (unpaired) electrons. The molecule has 1 aliphatic heterocycles. The van der Waals surface area contributed by atoms with Gasteiger partial charge in [-0.05, 0) is 31.6 Å². The van der Waals surface area contributed by atoms with Gasteiger partial charge in [0.2, 0.25) is 0 Å². The highest BCUT2D eigenvalue weighted by atomic mass is 16.3. The Balaban J connectivity index is 2.06. The molecule has 1 fully saturated rings. The molecule has 0 aliphatic carbocycles. The maximum absolute atomic E-state index is 12.9. The van der Waals surface area contributed by atoms with Crippen LogP contribution in [0.1, 0.15) is 36.6 Å². The summed E-state index contributed by atoms with van der Waals surface area (Å²) in [5, 5.41) is 11.0. The normalized spacial score (nSPS) is 18.6. The van der Waals surface area contributed by atoms with Gasteiger partial charge in [-0.3, -0.25) is 14.6 Å². The lowest BCUT2D eigenvalue weighted by Gasteiger charge is -2.28. The number of hydrogen-bond donors (Lipinski definition) is 1. The summed E-state index contributed by atoms with van der Waals surface area (Å²) < 4.78 is 0. The Morgan fingerprint density at radius 3 is 2.41 bits per heavy atom. The lowest BCUT2D eigenvalue weighted by molar-refractivity contribution is -0.140. The van der Waals surface area contributed by atoms with Gasteiger partial charge in [0.15, 0.2) is 0 Å². The Morgan fingerprint density at radius 2 is 1.83 bits per heavy atom. The van der Waals surface area contributed by atoms with Crippen molar-refractivity contribution in [3.8, 4) is 0 Å². The standard InChI is InChI=1S/C23H27N3O3/c1-4-25(5-2)13-14-26-20(18-7-6-12-24-15-18)19(22(28)23(26)29)21(27)17-10-8-16(3)9-11-17/h6-12,15,20,27H,4-5,13-14H2,1-3H3. The highest BCUT2D eigenvalue weighted by Crippen LogP contribution is 2.38. The molecule has 1 aromatic carbocycles. The van der Waals surface area contributed by atoms with Crippen molar-refractivity contribution in [2.45, 2.75) is 26.8 Å². The number of benzene rings is 1. The van der Waals surface area contributed by atoms with Gasteiger partial charge in [-0.2, -0.15) is 0 Å². The van der Waals surface area contributed by atoms with Gasteiger partial charge < -0.3 is 14.9 Å². The number of aryl methyl sites for hydroxylation is 1. The van der Waals surface area contributed by atoms with E-state index in [1.165, 1.54) is 0 Å². The smallest absolute Gasteiger partial charge is 0.295 e. The number of aromatic nitrogens is 1. The first-order valence-electron chi connectivity index (χ1n) is 9.95. The number of aliphatic hydroxyl groups is 1. The summed E-state index contributed by atoms with van der Waals surface area (Å²) in [7, 11) is 0. The van der Waals surface area contributed by atoms with Crippen molar-refractivity contribution in [3.05, 3.63) is 71.1 Å². The minimum absolute atomic E-state index is 0.117. The Morgan fingerprint density at radius 1 is 1.14 bits per heavy atom. The van der Waals surface area contributed by atoms with Gasteiger partial charge in [0.1, 0.15) is 5.76 Å². The molecular weight excluding hydrogens is 366 g/mol. The summed E-state index contributed by atoms with van der Waals surface area (Å²) in [5.41, 5.74) is 2.39. The van der Waals surface area contributed by atoms with E-state index in [0.717, 1.165) is 18.7 Å². The molecule has 0 saturated carbocycles. The fourth-order valence-corrected chi connectivity index (χ4v) is 3.65. The van der Waals surface area contributed by atoms with Crippen LogP contribution in [-0.4, -0.2) is 57.8 Å². The van der Waals surface area contributed by atoms with Crippen LogP contribution in [0.3, 0.4) is 0 Å². The Kier molecular flexibility index (Phi) is 6.44. The summed E-state index contributed by atoms with van der Waals surface area (Å²) in [6.07, 6.45) is 3.29. The topological polar surface area (TPSA) is 73.7 Å². The molecule has 1 N–H and O–H groups in total. The van der Waals surface area contributed by atoms with Gasteiger partial charge in [0.25, 0.3) is 11.7 Å². The van der Waals surface area contributed by atoms with E-state index in [-0.39, 0.29) is 11.3 Å². The molecule has 152 valence electrons. The minimum atomic E-state index is -0.656. The highest BCUT2D eigenvalue weighted by molar-refractivity contribution is 6.46. The average Bonchev–Trinajstić information content (AvgIpc) is 3.00. The first-order valence-corrected chi connectivity index (χ1v) is 9.95. The monoisotopic (exact) mass is 393 g/mol. The number of nitrogens with zero attached hydrogens (tertiary/aromatic N) is 3. The summed E-state index contributed by atoms with van der Waals surface area (Å²) >= 11 is 0. The molecule has 29 heavy (non-hydrogen) atoms. The van der Waals surface area contributed by atoms with Crippen molar-refractivity contribution >= 4 is 17.4 Å². The summed E-state index contributed by atoms with van der Waals surface area (Å²) in [4.78, 5) is 33.7. The van der Waals surface area contributed by atoms with Crippen LogP contribution in [0.5, 0.6) is 0 Å². The quantitative estimate of drug-likeness (QED) is 0.444. The van der Waals surface area contributed by atoms with E-state index in [1.54, 1.807) is 35.5 Å². The molecule has 1 atom stereocenters. The van der Waals surface area contributed by atoms with Crippen LogP contribution in [0, 0.1) is 6.92 Å². The van der Waals surface area contributed by atoms with Crippen LogP contribution in [0.4, 0.5) is 0 Å². The molecule has 0 bridgehead atoms. The zero-order chi connectivity index (χ0) is 21.0. The first-order chi connectivity index (χ1) is 14.0. The van der Waals surface area contributed by atoms with Crippen LogP contribution < -0.4 is 0 Å². The number of pyridine rings is 1. The van der Waals surface area contributed by atoms with Crippen LogP contribution in [0.15, 0.2) is 54.4 Å². The molecule has 0 spiro atoms. The van der Waals surface area contributed by atoms with Crippen molar-refractivity contribution in [1.29, 1.82) is 0 Å². The zero-order valence-electron chi connectivity index (χ0n) is 17.1. The molecule has 3 rings (SSSR count). The molecule has 6 heteroatoms.